The van der Waals surface area contributed by atoms with Gasteiger partial charge in [0.25, 0.3) is 0 Å². The third kappa shape index (κ3) is 2.48. The zero-order valence-corrected chi connectivity index (χ0v) is 13.5. The molecule has 2 heterocycles. The molecule has 0 aromatic heterocycles. The summed E-state index contributed by atoms with van der Waals surface area (Å²) < 4.78 is 5.30. The molecule has 0 spiro atoms. The number of nitrogens with zero attached hydrogens (tertiary/aromatic N) is 1. The molecule has 2 aliphatic heterocycles. The van der Waals surface area contributed by atoms with Crippen LogP contribution < -0.4 is 4.74 Å². The highest BCUT2D eigenvalue weighted by Crippen LogP contribution is 2.39. The van der Waals surface area contributed by atoms with Crippen LogP contribution >= 0.6 is 0 Å². The van der Waals surface area contributed by atoms with Crippen LogP contribution in [0.5, 0.6) is 5.75 Å². The standard InChI is InChI=1S/C18H25NO2/c1-11-7-16(21-4)8-12(2)17(11)18(20)13-9-14-5-6-15(10-13)19(14)3/h7-8,13-15H,5-6,9-10H2,1-4H3. The monoisotopic (exact) mass is 287 g/mol. The highest BCUT2D eigenvalue weighted by atomic mass is 16.5. The van der Waals surface area contributed by atoms with Crippen molar-refractivity contribution >= 4 is 5.78 Å². The number of fused-ring (bicyclic) bond motifs is 2. The van der Waals surface area contributed by atoms with Crippen LogP contribution in [0.4, 0.5) is 0 Å². The normalized spacial score (nSPS) is 28.7. The van der Waals surface area contributed by atoms with Gasteiger partial charge in [-0.25, -0.2) is 0 Å². The first kappa shape index (κ1) is 14.6. The minimum absolute atomic E-state index is 0.199. The Morgan fingerprint density at radius 2 is 1.67 bits per heavy atom. The molecule has 114 valence electrons. The topological polar surface area (TPSA) is 29.5 Å². The van der Waals surface area contributed by atoms with E-state index < -0.39 is 0 Å². The van der Waals surface area contributed by atoms with E-state index in [0.717, 1.165) is 35.3 Å². The lowest BCUT2D eigenvalue weighted by Crippen LogP contribution is -2.42. The zero-order valence-electron chi connectivity index (χ0n) is 13.5. The van der Waals surface area contributed by atoms with Gasteiger partial charge in [-0.3, -0.25) is 4.79 Å². The van der Waals surface area contributed by atoms with E-state index in [-0.39, 0.29) is 5.92 Å². The molecule has 2 unspecified atom stereocenters. The van der Waals surface area contributed by atoms with Crippen LogP contribution in [-0.2, 0) is 0 Å². The van der Waals surface area contributed by atoms with E-state index in [2.05, 4.69) is 11.9 Å². The first-order valence-electron chi connectivity index (χ1n) is 7.92. The van der Waals surface area contributed by atoms with Gasteiger partial charge in [0.05, 0.1) is 7.11 Å². The number of piperidine rings is 1. The van der Waals surface area contributed by atoms with Gasteiger partial charge in [-0.15, -0.1) is 0 Å². The van der Waals surface area contributed by atoms with E-state index in [1.807, 2.05) is 26.0 Å². The summed E-state index contributed by atoms with van der Waals surface area (Å²) in [5.74, 6) is 1.38. The van der Waals surface area contributed by atoms with E-state index >= 15 is 0 Å². The van der Waals surface area contributed by atoms with E-state index in [0.29, 0.717) is 17.9 Å². The van der Waals surface area contributed by atoms with Crippen molar-refractivity contribution in [3.63, 3.8) is 0 Å². The zero-order chi connectivity index (χ0) is 15.1. The summed E-state index contributed by atoms with van der Waals surface area (Å²) in [7, 11) is 3.89. The second kappa shape index (κ2) is 5.45. The summed E-state index contributed by atoms with van der Waals surface area (Å²) in [6.07, 6.45) is 4.56. The number of hydrogen-bond acceptors (Lipinski definition) is 3. The molecular formula is C18H25NO2. The molecule has 0 amide bonds. The van der Waals surface area contributed by atoms with Gasteiger partial charge in [-0.2, -0.15) is 0 Å². The fraction of sp³-hybridized carbons (Fsp3) is 0.611. The van der Waals surface area contributed by atoms with Crippen molar-refractivity contribution in [1.29, 1.82) is 0 Å². The number of ketones is 1. The number of aryl methyl sites for hydroxylation is 2. The Labute approximate surface area is 127 Å². The van der Waals surface area contributed by atoms with Crippen LogP contribution in [0.25, 0.3) is 0 Å². The maximum absolute atomic E-state index is 13.0. The SMILES string of the molecule is COc1cc(C)c(C(=O)C2CC3CCC(C2)N3C)c(C)c1. The van der Waals surface area contributed by atoms with Crippen molar-refractivity contribution in [3.05, 3.63) is 28.8 Å². The molecule has 2 aliphatic rings. The summed E-state index contributed by atoms with van der Waals surface area (Å²) >= 11 is 0. The number of carbonyl (C=O) groups excluding carboxylic acids is 1. The third-order valence-electron chi connectivity index (χ3n) is 5.46. The lowest BCUT2D eigenvalue weighted by molar-refractivity contribution is 0.0766. The molecule has 21 heavy (non-hydrogen) atoms. The summed E-state index contributed by atoms with van der Waals surface area (Å²) in [5, 5.41) is 0. The number of methoxy groups -OCH3 is 1. The smallest absolute Gasteiger partial charge is 0.166 e. The van der Waals surface area contributed by atoms with E-state index in [1.165, 1.54) is 12.8 Å². The number of Topliss-reactive ketones (excluding diaryl/α,β-unsaturated/α-hetero) is 1. The molecule has 1 aromatic rings. The van der Waals surface area contributed by atoms with Crippen LogP contribution in [0.15, 0.2) is 12.1 Å². The van der Waals surface area contributed by atoms with Crippen LogP contribution in [-0.4, -0.2) is 36.9 Å². The largest absolute Gasteiger partial charge is 0.497 e. The molecule has 1 aromatic carbocycles. The van der Waals surface area contributed by atoms with Gasteiger partial charge in [0, 0.05) is 23.6 Å². The van der Waals surface area contributed by atoms with Gasteiger partial charge in [-0.1, -0.05) is 0 Å². The minimum Gasteiger partial charge on any atom is -0.497 e. The highest BCUT2D eigenvalue weighted by Gasteiger charge is 2.41. The van der Waals surface area contributed by atoms with Crippen LogP contribution in [0.2, 0.25) is 0 Å². The molecule has 2 saturated heterocycles. The molecule has 2 bridgehead atoms. The predicted octanol–water partition coefficient (Wildman–Crippen LogP) is 3.37. The Balaban J connectivity index is 1.86. The second-order valence-corrected chi connectivity index (χ2v) is 6.72. The highest BCUT2D eigenvalue weighted by molar-refractivity contribution is 6.00. The molecule has 3 heteroatoms. The van der Waals surface area contributed by atoms with Crippen molar-refractivity contribution in [2.75, 3.05) is 14.2 Å². The van der Waals surface area contributed by atoms with Crippen molar-refractivity contribution in [2.45, 2.75) is 51.6 Å². The van der Waals surface area contributed by atoms with Crippen molar-refractivity contribution in [2.24, 2.45) is 5.92 Å². The average Bonchev–Trinajstić information content (AvgIpc) is 2.67. The van der Waals surface area contributed by atoms with E-state index in [1.54, 1.807) is 7.11 Å². The summed E-state index contributed by atoms with van der Waals surface area (Å²) in [5.41, 5.74) is 3.01. The van der Waals surface area contributed by atoms with Gasteiger partial charge in [0.2, 0.25) is 0 Å². The van der Waals surface area contributed by atoms with Gasteiger partial charge < -0.3 is 9.64 Å². The van der Waals surface area contributed by atoms with E-state index in [9.17, 15) is 4.79 Å². The third-order valence-corrected chi connectivity index (χ3v) is 5.46. The Morgan fingerprint density at radius 1 is 1.14 bits per heavy atom. The second-order valence-electron chi connectivity index (χ2n) is 6.72. The number of rotatable bonds is 3. The van der Waals surface area contributed by atoms with Crippen LogP contribution in [0.3, 0.4) is 0 Å². The van der Waals surface area contributed by atoms with Gasteiger partial charge >= 0.3 is 0 Å². The molecule has 0 N–H and O–H groups in total. The number of ether oxygens (including phenoxy) is 1. The Kier molecular flexibility index (Phi) is 3.78. The summed E-state index contributed by atoms with van der Waals surface area (Å²) in [6, 6.07) is 5.17. The van der Waals surface area contributed by atoms with Gasteiger partial charge in [0.1, 0.15) is 5.75 Å². The van der Waals surface area contributed by atoms with Crippen molar-refractivity contribution < 1.29 is 9.53 Å². The molecule has 0 radical (unpaired) electrons. The van der Waals surface area contributed by atoms with Crippen LogP contribution in [0, 0.1) is 19.8 Å². The molecule has 0 aliphatic carbocycles. The molecule has 0 saturated carbocycles. The first-order chi connectivity index (χ1) is 10.0. The maximum atomic E-state index is 13.0. The number of carbonyl (C=O) groups is 1. The lowest BCUT2D eigenvalue weighted by atomic mass is 9.82. The molecule has 3 nitrogen and oxygen atoms in total. The molecular weight excluding hydrogens is 262 g/mol. The molecule has 2 atom stereocenters. The fourth-order valence-electron chi connectivity index (χ4n) is 4.26. The minimum atomic E-state index is 0.199. The Morgan fingerprint density at radius 3 is 2.14 bits per heavy atom. The molecule has 3 rings (SSSR count). The fourth-order valence-corrected chi connectivity index (χ4v) is 4.26. The van der Waals surface area contributed by atoms with E-state index in [4.69, 9.17) is 4.74 Å². The van der Waals surface area contributed by atoms with Gasteiger partial charge in [-0.05, 0) is 69.8 Å². The quantitative estimate of drug-likeness (QED) is 0.798. The molecule has 2 fully saturated rings. The predicted molar refractivity (Wildman–Crippen MR) is 84.1 cm³/mol. The van der Waals surface area contributed by atoms with Crippen molar-refractivity contribution in [3.8, 4) is 5.75 Å². The average molecular weight is 287 g/mol. The Bertz CT molecular complexity index is 529. The maximum Gasteiger partial charge on any atom is 0.166 e. The van der Waals surface area contributed by atoms with Crippen LogP contribution in [0.1, 0.15) is 47.2 Å². The van der Waals surface area contributed by atoms with Crippen molar-refractivity contribution in [1.82, 2.24) is 4.90 Å². The summed E-state index contributed by atoms with van der Waals surface area (Å²) in [6.45, 7) is 4.04. The lowest BCUT2D eigenvalue weighted by Gasteiger charge is -2.36. The number of hydrogen-bond donors (Lipinski definition) is 0. The Hall–Kier alpha value is -1.35. The first-order valence-corrected chi connectivity index (χ1v) is 7.92. The number of benzene rings is 1. The summed E-state index contributed by atoms with van der Waals surface area (Å²) in [4.78, 5) is 15.5. The van der Waals surface area contributed by atoms with Gasteiger partial charge in [0.15, 0.2) is 5.78 Å².